The van der Waals surface area contributed by atoms with Crippen LogP contribution < -0.4 is 10.1 Å². The van der Waals surface area contributed by atoms with Crippen molar-refractivity contribution in [3.63, 3.8) is 0 Å². The van der Waals surface area contributed by atoms with Gasteiger partial charge in [-0.05, 0) is 48.5 Å². The lowest BCUT2D eigenvalue weighted by atomic mass is 10.3. The molecular weight excluding hydrogens is 246 g/mol. The monoisotopic (exact) mass is 261 g/mol. The zero-order valence-electron chi connectivity index (χ0n) is 10.8. The van der Waals surface area contributed by atoms with Crippen molar-refractivity contribution in [3.05, 3.63) is 30.6 Å². The summed E-state index contributed by atoms with van der Waals surface area (Å²) in [6.07, 6.45) is 1.51. The molecule has 1 aromatic carbocycles. The molecule has 7 nitrogen and oxygen atoms in total. The van der Waals surface area contributed by atoms with Crippen LogP contribution in [0, 0.1) is 0 Å². The van der Waals surface area contributed by atoms with Crippen molar-refractivity contribution in [2.75, 3.05) is 5.32 Å². The Morgan fingerprint density at radius 3 is 2.68 bits per heavy atom. The van der Waals surface area contributed by atoms with Gasteiger partial charge in [-0.1, -0.05) is 0 Å². The molecule has 1 amide bonds. The Morgan fingerprint density at radius 1 is 1.37 bits per heavy atom. The van der Waals surface area contributed by atoms with E-state index < -0.39 is 0 Å². The number of hydrogen-bond donors (Lipinski definition) is 1. The van der Waals surface area contributed by atoms with Gasteiger partial charge in [0.1, 0.15) is 18.6 Å². The first-order valence-corrected chi connectivity index (χ1v) is 5.91. The fraction of sp³-hybridized carbons (Fsp3) is 0.333. The summed E-state index contributed by atoms with van der Waals surface area (Å²) >= 11 is 0. The Morgan fingerprint density at radius 2 is 2.11 bits per heavy atom. The first-order chi connectivity index (χ1) is 9.13. The number of ether oxygens (including phenoxy) is 1. The number of amides is 1. The summed E-state index contributed by atoms with van der Waals surface area (Å²) in [7, 11) is 0. The topological polar surface area (TPSA) is 81.9 Å². The number of nitrogens with zero attached hydrogens (tertiary/aromatic N) is 4. The van der Waals surface area contributed by atoms with Crippen molar-refractivity contribution in [1.29, 1.82) is 0 Å². The summed E-state index contributed by atoms with van der Waals surface area (Å²) < 4.78 is 6.87. The second kappa shape index (κ2) is 5.94. The Labute approximate surface area is 110 Å². The molecule has 0 saturated heterocycles. The maximum atomic E-state index is 11.7. The lowest BCUT2D eigenvalue weighted by molar-refractivity contribution is -0.116. The zero-order valence-corrected chi connectivity index (χ0v) is 10.8. The van der Waals surface area contributed by atoms with Crippen LogP contribution in [0.3, 0.4) is 0 Å². The van der Waals surface area contributed by atoms with Crippen LogP contribution in [0.25, 0.3) is 0 Å². The third-order valence-electron chi connectivity index (χ3n) is 2.21. The van der Waals surface area contributed by atoms with Crippen molar-refractivity contribution in [2.45, 2.75) is 26.5 Å². The largest absolute Gasteiger partial charge is 0.491 e. The Balaban J connectivity index is 1.90. The average Bonchev–Trinajstić information content (AvgIpc) is 2.83. The molecule has 0 saturated carbocycles. The van der Waals surface area contributed by atoms with Gasteiger partial charge in [0.05, 0.1) is 6.10 Å². The van der Waals surface area contributed by atoms with E-state index in [1.54, 1.807) is 12.1 Å². The maximum absolute atomic E-state index is 11.7. The van der Waals surface area contributed by atoms with Gasteiger partial charge in [0.15, 0.2) is 0 Å². The van der Waals surface area contributed by atoms with Crippen LogP contribution in [0.1, 0.15) is 13.8 Å². The number of carbonyl (C=O) groups excluding carboxylic acids is 1. The molecule has 1 heterocycles. The summed E-state index contributed by atoms with van der Waals surface area (Å²) in [5, 5.41) is 13.3. The van der Waals surface area contributed by atoms with Crippen LogP contribution in [0.5, 0.6) is 5.75 Å². The quantitative estimate of drug-likeness (QED) is 0.871. The Hall–Kier alpha value is -2.44. The first-order valence-electron chi connectivity index (χ1n) is 5.91. The molecule has 19 heavy (non-hydrogen) atoms. The van der Waals surface area contributed by atoms with Gasteiger partial charge >= 0.3 is 0 Å². The smallest absolute Gasteiger partial charge is 0.246 e. The summed E-state index contributed by atoms with van der Waals surface area (Å²) in [6, 6.07) is 7.20. The number of aromatic nitrogens is 4. The Kier molecular flexibility index (Phi) is 4.07. The minimum absolute atomic E-state index is 0.0806. The second-order valence-electron chi connectivity index (χ2n) is 4.25. The fourth-order valence-corrected chi connectivity index (χ4v) is 1.49. The Bertz CT molecular complexity index is 522. The number of tetrazole rings is 1. The van der Waals surface area contributed by atoms with Crippen molar-refractivity contribution < 1.29 is 9.53 Å². The number of hydrogen-bond acceptors (Lipinski definition) is 5. The lowest BCUT2D eigenvalue weighted by Gasteiger charge is -2.10. The van der Waals surface area contributed by atoms with Crippen molar-refractivity contribution >= 4 is 11.6 Å². The van der Waals surface area contributed by atoms with Gasteiger partial charge in [-0.25, -0.2) is 4.68 Å². The van der Waals surface area contributed by atoms with Gasteiger partial charge in [-0.2, -0.15) is 0 Å². The predicted octanol–water partition coefficient (Wildman–Crippen LogP) is 1.10. The van der Waals surface area contributed by atoms with E-state index in [0.717, 1.165) is 5.75 Å². The van der Waals surface area contributed by atoms with E-state index in [9.17, 15) is 4.79 Å². The molecule has 0 spiro atoms. The highest BCUT2D eigenvalue weighted by Gasteiger charge is 2.05. The molecule has 0 unspecified atom stereocenters. The number of nitrogens with one attached hydrogen (secondary N) is 1. The normalized spacial score (nSPS) is 10.5. The molecule has 0 aliphatic heterocycles. The molecule has 0 aliphatic rings. The van der Waals surface area contributed by atoms with Gasteiger partial charge in [-0.15, -0.1) is 5.10 Å². The highest BCUT2D eigenvalue weighted by atomic mass is 16.5. The van der Waals surface area contributed by atoms with Crippen LogP contribution in [0.15, 0.2) is 30.6 Å². The molecular formula is C12H15N5O2. The molecule has 2 aromatic rings. The highest BCUT2D eigenvalue weighted by Crippen LogP contribution is 2.16. The predicted molar refractivity (Wildman–Crippen MR) is 68.7 cm³/mol. The summed E-state index contributed by atoms with van der Waals surface area (Å²) in [5.74, 6) is 0.582. The SMILES string of the molecule is CC(C)Oc1ccc(NC(=O)Cn2cnnn2)cc1. The van der Waals surface area contributed by atoms with Crippen LogP contribution in [-0.4, -0.2) is 32.2 Å². The molecule has 2 rings (SSSR count). The van der Waals surface area contributed by atoms with Crippen LogP contribution in [0.2, 0.25) is 0 Å². The van der Waals surface area contributed by atoms with Crippen molar-refractivity contribution in [3.8, 4) is 5.75 Å². The minimum Gasteiger partial charge on any atom is -0.491 e. The average molecular weight is 261 g/mol. The summed E-state index contributed by atoms with van der Waals surface area (Å²) in [6.45, 7) is 4.00. The fourth-order valence-electron chi connectivity index (χ4n) is 1.49. The van der Waals surface area contributed by atoms with Crippen molar-refractivity contribution in [2.24, 2.45) is 0 Å². The third kappa shape index (κ3) is 4.06. The van der Waals surface area contributed by atoms with Gasteiger partial charge in [0, 0.05) is 5.69 Å². The number of rotatable bonds is 5. The first kappa shape index (κ1) is 13.0. The van der Waals surface area contributed by atoms with Crippen LogP contribution in [-0.2, 0) is 11.3 Å². The van der Waals surface area contributed by atoms with Gasteiger partial charge in [0.25, 0.3) is 0 Å². The number of carbonyl (C=O) groups is 1. The van der Waals surface area contributed by atoms with E-state index in [1.807, 2.05) is 26.0 Å². The van der Waals surface area contributed by atoms with E-state index in [-0.39, 0.29) is 18.6 Å². The third-order valence-corrected chi connectivity index (χ3v) is 2.21. The molecule has 0 atom stereocenters. The van der Waals surface area contributed by atoms with Crippen LogP contribution >= 0.6 is 0 Å². The zero-order chi connectivity index (χ0) is 13.7. The van der Waals surface area contributed by atoms with Gasteiger partial charge < -0.3 is 10.1 Å². The molecule has 0 fully saturated rings. The minimum atomic E-state index is -0.190. The van der Waals surface area contributed by atoms with Gasteiger partial charge in [-0.3, -0.25) is 4.79 Å². The molecule has 1 N–H and O–H groups in total. The van der Waals surface area contributed by atoms with Crippen LogP contribution in [0.4, 0.5) is 5.69 Å². The standard InChI is InChI=1S/C12H15N5O2/c1-9(2)19-11-5-3-10(4-6-11)14-12(18)7-17-8-13-15-16-17/h3-6,8-9H,7H2,1-2H3,(H,14,18). The van der Waals surface area contributed by atoms with E-state index in [4.69, 9.17) is 4.74 Å². The summed E-state index contributed by atoms with van der Waals surface area (Å²) in [4.78, 5) is 11.7. The number of anilines is 1. The molecule has 1 aromatic heterocycles. The number of benzene rings is 1. The molecule has 0 bridgehead atoms. The molecule has 0 radical (unpaired) electrons. The van der Waals surface area contributed by atoms with Crippen molar-refractivity contribution in [1.82, 2.24) is 20.2 Å². The second-order valence-corrected chi connectivity index (χ2v) is 4.25. The summed E-state index contributed by atoms with van der Waals surface area (Å²) in [5.41, 5.74) is 0.703. The maximum Gasteiger partial charge on any atom is 0.246 e. The van der Waals surface area contributed by atoms with Gasteiger partial charge in [0.2, 0.25) is 5.91 Å². The lowest BCUT2D eigenvalue weighted by Crippen LogP contribution is -2.19. The van der Waals surface area contributed by atoms with E-state index in [0.29, 0.717) is 5.69 Å². The highest BCUT2D eigenvalue weighted by molar-refractivity contribution is 5.90. The van der Waals surface area contributed by atoms with E-state index in [1.165, 1.54) is 11.0 Å². The van der Waals surface area contributed by atoms with E-state index >= 15 is 0 Å². The molecule has 7 heteroatoms. The molecule has 0 aliphatic carbocycles. The van der Waals surface area contributed by atoms with E-state index in [2.05, 4.69) is 20.8 Å². The molecule has 100 valence electrons.